The van der Waals surface area contributed by atoms with Crippen molar-refractivity contribution in [2.24, 2.45) is 5.92 Å². The van der Waals surface area contributed by atoms with Crippen LogP contribution in [0.4, 0.5) is 5.69 Å². The fraction of sp³-hybridized carbons (Fsp3) is 0.462. The molecular weight excluding hydrogens is 234 g/mol. The number of benzene rings is 1. The summed E-state index contributed by atoms with van der Waals surface area (Å²) in [4.78, 5) is 12.7. The average Bonchev–Trinajstić information content (AvgIpc) is 3.11. The highest BCUT2D eigenvalue weighted by Gasteiger charge is 2.37. The lowest BCUT2D eigenvalue weighted by Gasteiger charge is -2.14. The van der Waals surface area contributed by atoms with E-state index in [1.807, 2.05) is 25.1 Å². The maximum absolute atomic E-state index is 11.7. The van der Waals surface area contributed by atoms with Crippen LogP contribution in [0, 0.1) is 12.8 Å². The van der Waals surface area contributed by atoms with Crippen molar-refractivity contribution in [1.29, 1.82) is 0 Å². The molecule has 0 heterocycles. The molecule has 1 aromatic carbocycles. The number of rotatable bonds is 4. The number of hydrogen-bond acceptors (Lipinski definition) is 4. The molecule has 0 aromatic heterocycles. The van der Waals surface area contributed by atoms with Crippen LogP contribution in [0.3, 0.4) is 0 Å². The van der Waals surface area contributed by atoms with Crippen LogP contribution in [0.2, 0.25) is 0 Å². The highest BCUT2D eigenvalue weighted by Crippen LogP contribution is 2.43. The molecule has 0 bridgehead atoms. The zero-order valence-corrected chi connectivity index (χ0v) is 10.9. The van der Waals surface area contributed by atoms with Gasteiger partial charge in [0.1, 0.15) is 5.25 Å². The maximum atomic E-state index is 11.7. The number of ether oxygens (including phenoxy) is 1. The van der Waals surface area contributed by atoms with Crippen LogP contribution in [0.5, 0.6) is 0 Å². The number of aryl methyl sites for hydroxylation is 1. The van der Waals surface area contributed by atoms with Gasteiger partial charge in [0.2, 0.25) is 0 Å². The minimum Gasteiger partial charge on any atom is -0.468 e. The lowest BCUT2D eigenvalue weighted by molar-refractivity contribution is -0.140. The third-order valence-electron chi connectivity index (χ3n) is 2.90. The highest BCUT2D eigenvalue weighted by molar-refractivity contribution is 8.00. The van der Waals surface area contributed by atoms with E-state index in [1.165, 1.54) is 18.9 Å². The standard InChI is InChI=1S/C13H17NO2S/c1-8-3-6-11(10(14)7-8)17-12(9-4-5-9)13(15)16-2/h3,6-7,9,12H,4-5,14H2,1-2H3. The van der Waals surface area contributed by atoms with E-state index in [4.69, 9.17) is 10.5 Å². The smallest absolute Gasteiger partial charge is 0.319 e. The van der Waals surface area contributed by atoms with Gasteiger partial charge in [0.25, 0.3) is 0 Å². The summed E-state index contributed by atoms with van der Waals surface area (Å²) in [6.45, 7) is 2.00. The molecular formula is C13H17NO2S. The number of thioether (sulfide) groups is 1. The van der Waals surface area contributed by atoms with Gasteiger partial charge in [-0.2, -0.15) is 0 Å². The first-order valence-corrected chi connectivity index (χ1v) is 6.60. The second-order valence-corrected chi connectivity index (χ2v) is 5.62. The van der Waals surface area contributed by atoms with Crippen LogP contribution in [-0.2, 0) is 9.53 Å². The quantitative estimate of drug-likeness (QED) is 0.508. The molecule has 0 radical (unpaired) electrons. The molecule has 1 fully saturated rings. The Hall–Kier alpha value is -1.16. The van der Waals surface area contributed by atoms with Crippen molar-refractivity contribution in [3.63, 3.8) is 0 Å². The topological polar surface area (TPSA) is 52.3 Å². The molecule has 2 rings (SSSR count). The van der Waals surface area contributed by atoms with E-state index in [9.17, 15) is 4.79 Å². The van der Waals surface area contributed by atoms with Crippen molar-refractivity contribution in [2.75, 3.05) is 12.8 Å². The van der Waals surface area contributed by atoms with Gasteiger partial charge in [0.05, 0.1) is 7.11 Å². The van der Waals surface area contributed by atoms with E-state index < -0.39 is 0 Å². The lowest BCUT2D eigenvalue weighted by atomic mass is 10.2. The molecule has 2 N–H and O–H groups in total. The van der Waals surface area contributed by atoms with Crippen molar-refractivity contribution in [3.05, 3.63) is 23.8 Å². The van der Waals surface area contributed by atoms with Gasteiger partial charge in [0.15, 0.2) is 0 Å². The van der Waals surface area contributed by atoms with Crippen LogP contribution in [-0.4, -0.2) is 18.3 Å². The van der Waals surface area contributed by atoms with Gasteiger partial charge in [-0.25, -0.2) is 0 Å². The van der Waals surface area contributed by atoms with Crippen LogP contribution < -0.4 is 5.73 Å². The zero-order chi connectivity index (χ0) is 12.4. The summed E-state index contributed by atoms with van der Waals surface area (Å²) in [6, 6.07) is 5.93. The number of carbonyl (C=O) groups excluding carboxylic acids is 1. The van der Waals surface area contributed by atoms with E-state index in [2.05, 4.69) is 0 Å². The van der Waals surface area contributed by atoms with E-state index in [-0.39, 0.29) is 11.2 Å². The minimum atomic E-state index is -0.141. The van der Waals surface area contributed by atoms with E-state index in [1.54, 1.807) is 0 Å². The summed E-state index contributed by atoms with van der Waals surface area (Å²) in [6.07, 6.45) is 2.22. The Kier molecular flexibility index (Phi) is 3.62. The number of hydrogen-bond donors (Lipinski definition) is 1. The molecule has 0 amide bonds. The summed E-state index contributed by atoms with van der Waals surface area (Å²) in [5.74, 6) is 0.311. The number of anilines is 1. The molecule has 1 saturated carbocycles. The lowest BCUT2D eigenvalue weighted by Crippen LogP contribution is -2.21. The summed E-state index contributed by atoms with van der Waals surface area (Å²) >= 11 is 1.53. The first-order chi connectivity index (χ1) is 8.11. The largest absolute Gasteiger partial charge is 0.468 e. The molecule has 1 aliphatic carbocycles. The predicted octanol–water partition coefficient (Wildman–Crippen LogP) is 2.62. The van der Waals surface area contributed by atoms with E-state index in [0.717, 1.165) is 29.0 Å². The number of esters is 1. The number of nitrogen functional groups attached to an aromatic ring is 1. The molecule has 1 atom stereocenters. The Labute approximate surface area is 106 Å². The zero-order valence-electron chi connectivity index (χ0n) is 10.1. The molecule has 1 unspecified atom stereocenters. The fourth-order valence-electron chi connectivity index (χ4n) is 1.76. The van der Waals surface area contributed by atoms with Gasteiger partial charge in [-0.15, -0.1) is 11.8 Å². The summed E-state index contributed by atoms with van der Waals surface area (Å²) < 4.78 is 4.85. The second-order valence-electron chi connectivity index (χ2n) is 4.44. The Morgan fingerprint density at radius 1 is 1.53 bits per heavy atom. The highest BCUT2D eigenvalue weighted by atomic mass is 32.2. The molecule has 92 valence electrons. The van der Waals surface area contributed by atoms with Crippen LogP contribution >= 0.6 is 11.8 Å². The molecule has 0 saturated heterocycles. The summed E-state index contributed by atoms with van der Waals surface area (Å²) in [7, 11) is 1.44. The van der Waals surface area contributed by atoms with Crippen molar-refractivity contribution in [2.45, 2.75) is 29.9 Å². The Bertz CT molecular complexity index is 429. The Balaban J connectivity index is 2.14. The first kappa shape index (κ1) is 12.3. The summed E-state index contributed by atoms with van der Waals surface area (Å²) in [5.41, 5.74) is 7.83. The molecule has 17 heavy (non-hydrogen) atoms. The minimum absolute atomic E-state index is 0.106. The van der Waals surface area contributed by atoms with Crippen molar-refractivity contribution in [1.82, 2.24) is 0 Å². The fourth-order valence-corrected chi connectivity index (χ4v) is 3.04. The van der Waals surface area contributed by atoms with Gasteiger partial charge in [-0.1, -0.05) is 6.07 Å². The van der Waals surface area contributed by atoms with Gasteiger partial charge in [-0.05, 0) is 43.4 Å². The van der Waals surface area contributed by atoms with Crippen molar-refractivity contribution >= 4 is 23.4 Å². The average molecular weight is 251 g/mol. The predicted molar refractivity (Wildman–Crippen MR) is 70.0 cm³/mol. The Morgan fingerprint density at radius 2 is 2.24 bits per heavy atom. The second kappa shape index (κ2) is 5.00. The normalized spacial score (nSPS) is 16.6. The number of carbonyl (C=O) groups is 1. The molecule has 0 aliphatic heterocycles. The number of nitrogens with two attached hydrogens (primary N) is 1. The van der Waals surface area contributed by atoms with Gasteiger partial charge < -0.3 is 10.5 Å². The first-order valence-electron chi connectivity index (χ1n) is 5.72. The van der Waals surface area contributed by atoms with Crippen LogP contribution in [0.25, 0.3) is 0 Å². The van der Waals surface area contributed by atoms with Crippen molar-refractivity contribution < 1.29 is 9.53 Å². The summed E-state index contributed by atoms with van der Waals surface area (Å²) in [5, 5.41) is -0.106. The van der Waals surface area contributed by atoms with Gasteiger partial charge >= 0.3 is 5.97 Å². The van der Waals surface area contributed by atoms with Crippen LogP contribution in [0.15, 0.2) is 23.1 Å². The van der Waals surface area contributed by atoms with E-state index in [0.29, 0.717) is 5.92 Å². The molecule has 1 aliphatic rings. The van der Waals surface area contributed by atoms with Crippen molar-refractivity contribution in [3.8, 4) is 0 Å². The maximum Gasteiger partial charge on any atom is 0.319 e. The number of methoxy groups -OCH3 is 1. The third-order valence-corrected chi connectivity index (χ3v) is 4.36. The third kappa shape index (κ3) is 2.94. The molecule has 1 aromatic rings. The monoisotopic (exact) mass is 251 g/mol. The van der Waals surface area contributed by atoms with Gasteiger partial charge in [0, 0.05) is 10.6 Å². The molecule has 4 heteroatoms. The SMILES string of the molecule is COC(=O)C(Sc1ccc(C)cc1N)C1CC1. The molecule has 3 nitrogen and oxygen atoms in total. The van der Waals surface area contributed by atoms with E-state index >= 15 is 0 Å². The Morgan fingerprint density at radius 3 is 2.76 bits per heavy atom. The van der Waals surface area contributed by atoms with Crippen LogP contribution in [0.1, 0.15) is 18.4 Å². The van der Waals surface area contributed by atoms with Gasteiger partial charge in [-0.3, -0.25) is 4.79 Å². The molecule has 0 spiro atoms.